The summed E-state index contributed by atoms with van der Waals surface area (Å²) >= 11 is 0. The summed E-state index contributed by atoms with van der Waals surface area (Å²) < 4.78 is 0. The summed E-state index contributed by atoms with van der Waals surface area (Å²) in [6.07, 6.45) is 0. The van der Waals surface area contributed by atoms with Crippen LogP contribution in [0.25, 0.3) is 0 Å². The molecule has 1 amide bonds. The number of hydrogen-bond acceptors (Lipinski definition) is 3. The first-order valence-electron chi connectivity index (χ1n) is 7.23. The average Bonchev–Trinajstić information content (AvgIpc) is 2.45. The van der Waals surface area contributed by atoms with Gasteiger partial charge in [-0.15, -0.1) is 0 Å². The van der Waals surface area contributed by atoms with Crippen molar-refractivity contribution >= 4 is 11.7 Å². The molecule has 0 atom stereocenters. The first-order chi connectivity index (χ1) is 9.86. The highest BCUT2D eigenvalue weighted by Gasteiger charge is 2.18. The minimum Gasteiger partial charge on any atom is -0.409 e. The summed E-state index contributed by atoms with van der Waals surface area (Å²) in [5.74, 6) is 1.30. The third kappa shape index (κ3) is 4.77. The molecule has 0 unspecified atom stereocenters. The van der Waals surface area contributed by atoms with E-state index in [9.17, 15) is 4.79 Å². The van der Waals surface area contributed by atoms with Crippen LogP contribution < -0.4 is 11.1 Å². The highest BCUT2D eigenvalue weighted by molar-refractivity contribution is 6.01. The Bertz CT molecular complexity index is 502. The highest BCUT2D eigenvalue weighted by Crippen LogP contribution is 2.19. The van der Waals surface area contributed by atoms with E-state index in [4.69, 9.17) is 10.9 Å². The molecule has 0 saturated heterocycles. The molecule has 1 aromatic carbocycles. The van der Waals surface area contributed by atoms with Crippen molar-refractivity contribution in [3.05, 3.63) is 35.4 Å². The second kappa shape index (κ2) is 7.67. The smallest absolute Gasteiger partial charge is 0.251 e. The molecule has 0 spiro atoms. The van der Waals surface area contributed by atoms with Crippen molar-refractivity contribution in [3.8, 4) is 0 Å². The molecule has 0 fully saturated rings. The van der Waals surface area contributed by atoms with E-state index in [0.29, 0.717) is 35.4 Å². The van der Waals surface area contributed by atoms with Crippen LogP contribution in [-0.4, -0.2) is 23.5 Å². The lowest BCUT2D eigenvalue weighted by Gasteiger charge is -2.25. The lowest BCUT2D eigenvalue weighted by molar-refractivity contribution is 0.0937. The minimum atomic E-state index is -0.145. The van der Waals surface area contributed by atoms with E-state index in [1.54, 1.807) is 24.3 Å². The van der Waals surface area contributed by atoms with Crippen LogP contribution in [0.5, 0.6) is 0 Å². The van der Waals surface area contributed by atoms with Crippen LogP contribution >= 0.6 is 0 Å². The Morgan fingerprint density at radius 3 is 2.33 bits per heavy atom. The monoisotopic (exact) mass is 291 g/mol. The predicted molar refractivity (Wildman–Crippen MR) is 84.5 cm³/mol. The van der Waals surface area contributed by atoms with Gasteiger partial charge in [-0.25, -0.2) is 0 Å². The maximum absolute atomic E-state index is 12.2. The van der Waals surface area contributed by atoms with Crippen molar-refractivity contribution in [2.75, 3.05) is 6.54 Å². The van der Waals surface area contributed by atoms with Gasteiger partial charge in [0.05, 0.1) is 0 Å². The third-order valence-corrected chi connectivity index (χ3v) is 3.74. The molecule has 0 saturated carbocycles. The van der Waals surface area contributed by atoms with Crippen molar-refractivity contribution in [3.63, 3.8) is 0 Å². The topological polar surface area (TPSA) is 87.7 Å². The fourth-order valence-corrected chi connectivity index (χ4v) is 2.43. The van der Waals surface area contributed by atoms with Gasteiger partial charge in [0.25, 0.3) is 5.91 Å². The van der Waals surface area contributed by atoms with Gasteiger partial charge in [-0.1, -0.05) is 45.0 Å². The fraction of sp³-hybridized carbons (Fsp3) is 0.500. The summed E-state index contributed by atoms with van der Waals surface area (Å²) in [7, 11) is 0. The number of amidine groups is 1. The molecule has 1 aromatic rings. The number of nitrogens with zero attached hydrogens (tertiary/aromatic N) is 1. The number of hydrogen-bond donors (Lipinski definition) is 3. The number of nitrogens with one attached hydrogen (secondary N) is 1. The van der Waals surface area contributed by atoms with Gasteiger partial charge in [-0.05, 0) is 29.9 Å². The predicted octanol–water partition coefficient (Wildman–Crippen LogP) is 2.44. The molecule has 5 heteroatoms. The summed E-state index contributed by atoms with van der Waals surface area (Å²) in [4.78, 5) is 12.2. The Kier molecular flexibility index (Phi) is 6.21. The van der Waals surface area contributed by atoms with Gasteiger partial charge >= 0.3 is 0 Å². The number of carbonyl (C=O) groups is 1. The van der Waals surface area contributed by atoms with Gasteiger partial charge in [-0.2, -0.15) is 0 Å². The van der Waals surface area contributed by atoms with Gasteiger partial charge in [0, 0.05) is 17.7 Å². The number of rotatable bonds is 6. The molecule has 0 bridgehead atoms. The van der Waals surface area contributed by atoms with Crippen LogP contribution in [-0.2, 0) is 0 Å². The molecule has 4 N–H and O–H groups in total. The van der Waals surface area contributed by atoms with Crippen molar-refractivity contribution < 1.29 is 10.0 Å². The molecule has 1 rings (SSSR count). The second-order valence-corrected chi connectivity index (χ2v) is 5.93. The Labute approximate surface area is 126 Å². The molecular weight excluding hydrogens is 266 g/mol. The summed E-state index contributed by atoms with van der Waals surface area (Å²) in [6.45, 7) is 9.29. The normalized spacial score (nSPS) is 12.2. The first-order valence-corrected chi connectivity index (χ1v) is 7.23. The average molecular weight is 291 g/mol. The summed E-state index contributed by atoms with van der Waals surface area (Å²) in [5, 5.41) is 14.6. The molecule has 0 heterocycles. The number of nitrogens with two attached hydrogens (primary N) is 1. The number of amides is 1. The van der Waals surface area contributed by atoms with E-state index >= 15 is 0 Å². The largest absolute Gasteiger partial charge is 0.409 e. The van der Waals surface area contributed by atoms with Crippen LogP contribution in [0, 0.1) is 17.8 Å². The SMILES string of the molecule is CC(C)C(CNC(=O)c1cccc(/C(N)=N/O)c1)C(C)C. The molecular formula is C16H25N3O2. The highest BCUT2D eigenvalue weighted by atomic mass is 16.4. The number of carbonyl (C=O) groups excluding carboxylic acids is 1. The van der Waals surface area contributed by atoms with Crippen LogP contribution in [0.3, 0.4) is 0 Å². The molecule has 0 aromatic heterocycles. The minimum absolute atomic E-state index is 0.00751. The number of oxime groups is 1. The maximum atomic E-state index is 12.2. The lowest BCUT2D eigenvalue weighted by atomic mass is 9.85. The molecule has 5 nitrogen and oxygen atoms in total. The maximum Gasteiger partial charge on any atom is 0.251 e. The third-order valence-electron chi connectivity index (χ3n) is 3.74. The van der Waals surface area contributed by atoms with Crippen molar-refractivity contribution in [1.29, 1.82) is 0 Å². The lowest BCUT2D eigenvalue weighted by Crippen LogP contribution is -2.34. The molecule has 0 radical (unpaired) electrons. The van der Waals surface area contributed by atoms with E-state index in [1.165, 1.54) is 0 Å². The Hall–Kier alpha value is -2.04. The van der Waals surface area contributed by atoms with Gasteiger partial charge in [0.2, 0.25) is 0 Å². The van der Waals surface area contributed by atoms with E-state index in [2.05, 4.69) is 38.2 Å². The van der Waals surface area contributed by atoms with Gasteiger partial charge in [0.1, 0.15) is 0 Å². The van der Waals surface area contributed by atoms with Gasteiger partial charge in [0.15, 0.2) is 5.84 Å². The fourth-order valence-electron chi connectivity index (χ4n) is 2.43. The first kappa shape index (κ1) is 17.0. The molecule has 0 aliphatic heterocycles. The van der Waals surface area contributed by atoms with Gasteiger partial charge < -0.3 is 16.3 Å². The molecule has 0 aliphatic rings. The number of benzene rings is 1. The zero-order chi connectivity index (χ0) is 16.0. The molecule has 0 aliphatic carbocycles. The zero-order valence-corrected chi connectivity index (χ0v) is 13.1. The Morgan fingerprint density at radius 1 is 1.24 bits per heavy atom. The van der Waals surface area contributed by atoms with Crippen LogP contribution in [0.15, 0.2) is 29.4 Å². The molecule has 116 valence electrons. The van der Waals surface area contributed by atoms with Crippen molar-refractivity contribution in [1.82, 2.24) is 5.32 Å². The summed E-state index contributed by atoms with van der Waals surface area (Å²) in [6, 6.07) is 6.73. The van der Waals surface area contributed by atoms with Crippen LogP contribution in [0.1, 0.15) is 43.6 Å². The quantitative estimate of drug-likeness (QED) is 0.325. The van der Waals surface area contributed by atoms with Crippen molar-refractivity contribution in [2.24, 2.45) is 28.6 Å². The van der Waals surface area contributed by atoms with E-state index < -0.39 is 0 Å². The van der Waals surface area contributed by atoms with Crippen LogP contribution in [0.2, 0.25) is 0 Å². The second-order valence-electron chi connectivity index (χ2n) is 5.93. The Morgan fingerprint density at radius 2 is 1.81 bits per heavy atom. The standard InChI is InChI=1S/C16H25N3O2/c1-10(2)14(11(3)4)9-18-16(20)13-7-5-6-12(8-13)15(17)19-21/h5-8,10-11,14,21H,9H2,1-4H3,(H2,17,19)(H,18,20). The zero-order valence-electron chi connectivity index (χ0n) is 13.1. The van der Waals surface area contributed by atoms with E-state index in [0.717, 1.165) is 0 Å². The Balaban J connectivity index is 2.76. The van der Waals surface area contributed by atoms with E-state index in [-0.39, 0.29) is 11.7 Å². The van der Waals surface area contributed by atoms with Gasteiger partial charge in [-0.3, -0.25) is 4.79 Å². The summed E-state index contributed by atoms with van der Waals surface area (Å²) in [5.41, 5.74) is 6.56. The molecule has 21 heavy (non-hydrogen) atoms. The van der Waals surface area contributed by atoms with Crippen molar-refractivity contribution in [2.45, 2.75) is 27.7 Å². The van der Waals surface area contributed by atoms with E-state index in [1.807, 2.05) is 0 Å². The van der Waals surface area contributed by atoms with Crippen LogP contribution in [0.4, 0.5) is 0 Å².